The van der Waals surface area contributed by atoms with Crippen LogP contribution in [0.15, 0.2) is 30.5 Å². The lowest BCUT2D eigenvalue weighted by Crippen LogP contribution is -2.46. The number of morpholine rings is 1. The van der Waals surface area contributed by atoms with Gasteiger partial charge in [-0.15, -0.1) is 0 Å². The van der Waals surface area contributed by atoms with Crippen LogP contribution in [0, 0.1) is 0 Å². The quantitative estimate of drug-likeness (QED) is 0.740. The second-order valence-corrected chi connectivity index (χ2v) is 6.39. The van der Waals surface area contributed by atoms with Gasteiger partial charge in [-0.1, -0.05) is 0 Å². The molecule has 27 heavy (non-hydrogen) atoms. The SMILES string of the molecule is CNC(=O)Nc1ccc(-c2ncc3c(n2)N2CCOCC2CC(=O)N3)cc1. The fourth-order valence-corrected chi connectivity index (χ4v) is 3.23. The highest BCUT2D eigenvalue weighted by Gasteiger charge is 2.32. The van der Waals surface area contributed by atoms with Crippen LogP contribution in [0.4, 0.5) is 22.0 Å². The van der Waals surface area contributed by atoms with Crippen LogP contribution in [-0.4, -0.2) is 54.8 Å². The summed E-state index contributed by atoms with van der Waals surface area (Å²) >= 11 is 0. The predicted octanol–water partition coefficient (Wildman–Crippen LogP) is 1.44. The minimum Gasteiger partial charge on any atom is -0.377 e. The standard InChI is InChI=1S/C18H20N6O3/c1-19-18(26)21-12-4-2-11(3-5-12)16-20-9-14-17(23-16)24-6-7-27-10-13(24)8-15(25)22-14/h2-5,9,13H,6-8,10H2,1H3,(H,22,25)(H2,19,21,26). The summed E-state index contributed by atoms with van der Waals surface area (Å²) in [6.45, 7) is 1.79. The van der Waals surface area contributed by atoms with Crippen LogP contribution in [-0.2, 0) is 9.53 Å². The van der Waals surface area contributed by atoms with Crippen molar-refractivity contribution in [2.75, 3.05) is 42.3 Å². The Morgan fingerprint density at radius 1 is 1.33 bits per heavy atom. The average Bonchev–Trinajstić information content (AvgIpc) is 2.83. The molecular weight excluding hydrogens is 348 g/mol. The number of carbonyl (C=O) groups is 2. The van der Waals surface area contributed by atoms with Gasteiger partial charge in [-0.2, -0.15) is 0 Å². The van der Waals surface area contributed by atoms with Gasteiger partial charge in [-0.05, 0) is 24.3 Å². The number of benzene rings is 1. The molecule has 1 aromatic carbocycles. The molecular formula is C18H20N6O3. The molecule has 3 heterocycles. The number of amides is 3. The van der Waals surface area contributed by atoms with Crippen LogP contribution >= 0.6 is 0 Å². The van der Waals surface area contributed by atoms with Crippen LogP contribution in [0.5, 0.6) is 0 Å². The molecule has 0 aliphatic carbocycles. The van der Waals surface area contributed by atoms with E-state index in [1.54, 1.807) is 25.4 Å². The lowest BCUT2D eigenvalue weighted by molar-refractivity contribution is -0.116. The van der Waals surface area contributed by atoms with Gasteiger partial charge in [-0.3, -0.25) is 4.79 Å². The molecule has 1 saturated heterocycles. The summed E-state index contributed by atoms with van der Waals surface area (Å²) in [5.74, 6) is 1.21. The second kappa shape index (κ2) is 7.20. The largest absolute Gasteiger partial charge is 0.377 e. The first-order chi connectivity index (χ1) is 13.1. The van der Waals surface area contributed by atoms with Crippen molar-refractivity contribution in [3.05, 3.63) is 30.5 Å². The number of hydrogen-bond donors (Lipinski definition) is 3. The number of hydrogen-bond acceptors (Lipinski definition) is 6. The number of carbonyl (C=O) groups excluding carboxylic acids is 2. The fourth-order valence-electron chi connectivity index (χ4n) is 3.23. The van der Waals surface area contributed by atoms with E-state index in [4.69, 9.17) is 9.72 Å². The third-order valence-corrected chi connectivity index (χ3v) is 4.59. The number of urea groups is 1. The van der Waals surface area contributed by atoms with E-state index in [0.29, 0.717) is 49.2 Å². The van der Waals surface area contributed by atoms with Gasteiger partial charge in [0.15, 0.2) is 11.6 Å². The highest BCUT2D eigenvalue weighted by Crippen LogP contribution is 2.32. The van der Waals surface area contributed by atoms with Gasteiger partial charge >= 0.3 is 6.03 Å². The molecule has 4 rings (SSSR count). The Morgan fingerprint density at radius 3 is 2.93 bits per heavy atom. The topological polar surface area (TPSA) is 108 Å². The summed E-state index contributed by atoms with van der Waals surface area (Å²) in [6.07, 6.45) is 2.01. The molecule has 0 spiro atoms. The summed E-state index contributed by atoms with van der Waals surface area (Å²) in [5, 5.41) is 8.09. The second-order valence-electron chi connectivity index (χ2n) is 6.39. The van der Waals surface area contributed by atoms with Crippen molar-refractivity contribution >= 4 is 29.1 Å². The average molecular weight is 368 g/mol. The van der Waals surface area contributed by atoms with E-state index >= 15 is 0 Å². The van der Waals surface area contributed by atoms with Crippen molar-refractivity contribution in [3.63, 3.8) is 0 Å². The predicted molar refractivity (Wildman–Crippen MR) is 101 cm³/mol. The van der Waals surface area contributed by atoms with E-state index in [1.807, 2.05) is 12.1 Å². The monoisotopic (exact) mass is 368 g/mol. The Kier molecular flexibility index (Phi) is 4.59. The fraction of sp³-hybridized carbons (Fsp3) is 0.333. The first-order valence-corrected chi connectivity index (χ1v) is 8.74. The van der Waals surface area contributed by atoms with Crippen LogP contribution in [0.1, 0.15) is 6.42 Å². The Hall–Kier alpha value is -3.20. The number of aromatic nitrogens is 2. The van der Waals surface area contributed by atoms with E-state index in [2.05, 4.69) is 25.8 Å². The molecule has 0 saturated carbocycles. The summed E-state index contributed by atoms with van der Waals surface area (Å²) in [4.78, 5) is 34.7. The van der Waals surface area contributed by atoms with Gasteiger partial charge in [0, 0.05) is 31.3 Å². The van der Waals surface area contributed by atoms with Gasteiger partial charge in [0.2, 0.25) is 5.91 Å². The third-order valence-electron chi connectivity index (χ3n) is 4.59. The molecule has 1 fully saturated rings. The molecule has 2 aliphatic heterocycles. The molecule has 0 radical (unpaired) electrons. The molecule has 3 N–H and O–H groups in total. The number of nitrogens with one attached hydrogen (secondary N) is 3. The first-order valence-electron chi connectivity index (χ1n) is 8.74. The maximum absolute atomic E-state index is 12.1. The number of ether oxygens (including phenoxy) is 1. The maximum atomic E-state index is 12.1. The van der Waals surface area contributed by atoms with Gasteiger partial charge in [0.25, 0.3) is 0 Å². The molecule has 1 atom stereocenters. The molecule has 9 nitrogen and oxygen atoms in total. The van der Waals surface area contributed by atoms with Crippen molar-refractivity contribution in [2.45, 2.75) is 12.5 Å². The highest BCUT2D eigenvalue weighted by atomic mass is 16.5. The van der Waals surface area contributed by atoms with Crippen molar-refractivity contribution in [1.29, 1.82) is 0 Å². The van der Waals surface area contributed by atoms with E-state index in [0.717, 1.165) is 5.56 Å². The Balaban J connectivity index is 1.65. The summed E-state index contributed by atoms with van der Waals surface area (Å²) in [6, 6.07) is 6.97. The molecule has 3 amide bonds. The number of anilines is 3. The smallest absolute Gasteiger partial charge is 0.318 e. The van der Waals surface area contributed by atoms with Crippen molar-refractivity contribution in [2.24, 2.45) is 0 Å². The highest BCUT2D eigenvalue weighted by molar-refractivity contribution is 5.96. The number of nitrogens with zero attached hydrogens (tertiary/aromatic N) is 3. The minimum absolute atomic E-state index is 0.0260. The van der Waals surface area contributed by atoms with Gasteiger partial charge in [-0.25, -0.2) is 14.8 Å². The summed E-state index contributed by atoms with van der Waals surface area (Å²) in [5.41, 5.74) is 2.11. The van der Waals surface area contributed by atoms with E-state index in [9.17, 15) is 9.59 Å². The van der Waals surface area contributed by atoms with Gasteiger partial charge < -0.3 is 25.6 Å². The van der Waals surface area contributed by atoms with Gasteiger partial charge in [0.1, 0.15) is 5.69 Å². The number of fused-ring (bicyclic) bond motifs is 3. The molecule has 0 bridgehead atoms. The van der Waals surface area contributed by atoms with Crippen LogP contribution in [0.25, 0.3) is 11.4 Å². The summed E-state index contributed by atoms with van der Waals surface area (Å²) < 4.78 is 5.52. The zero-order valence-corrected chi connectivity index (χ0v) is 14.9. The Morgan fingerprint density at radius 2 is 2.15 bits per heavy atom. The molecule has 140 valence electrons. The third kappa shape index (κ3) is 3.54. The molecule has 1 unspecified atom stereocenters. The molecule has 9 heteroatoms. The van der Waals surface area contributed by atoms with Crippen molar-refractivity contribution < 1.29 is 14.3 Å². The van der Waals surface area contributed by atoms with E-state index < -0.39 is 0 Å². The lowest BCUT2D eigenvalue weighted by atomic mass is 10.1. The summed E-state index contributed by atoms with van der Waals surface area (Å²) in [7, 11) is 1.56. The Labute approximate surface area is 156 Å². The van der Waals surface area contributed by atoms with Crippen LogP contribution < -0.4 is 20.9 Å². The molecule has 2 aliphatic rings. The number of rotatable bonds is 2. The van der Waals surface area contributed by atoms with Gasteiger partial charge in [0.05, 0.1) is 25.5 Å². The molecule has 1 aromatic heterocycles. The van der Waals surface area contributed by atoms with E-state index in [1.165, 1.54) is 0 Å². The Bertz CT molecular complexity index is 870. The lowest BCUT2D eigenvalue weighted by Gasteiger charge is -2.35. The van der Waals surface area contributed by atoms with Crippen molar-refractivity contribution in [1.82, 2.24) is 15.3 Å². The van der Waals surface area contributed by atoms with Crippen LogP contribution in [0.2, 0.25) is 0 Å². The normalized spacial score (nSPS) is 18.6. The minimum atomic E-state index is -0.280. The maximum Gasteiger partial charge on any atom is 0.318 e. The van der Waals surface area contributed by atoms with E-state index in [-0.39, 0.29) is 18.0 Å². The zero-order valence-electron chi connectivity index (χ0n) is 14.9. The van der Waals surface area contributed by atoms with Crippen molar-refractivity contribution in [3.8, 4) is 11.4 Å². The first kappa shape index (κ1) is 17.2. The molecule has 2 aromatic rings. The zero-order chi connectivity index (χ0) is 18.8. The van der Waals surface area contributed by atoms with Crippen LogP contribution in [0.3, 0.4) is 0 Å².